The lowest BCUT2D eigenvalue weighted by Crippen LogP contribution is -2.04. The predicted octanol–water partition coefficient (Wildman–Crippen LogP) is 5.01. The molecule has 4 nitrogen and oxygen atoms in total. The molecule has 0 bridgehead atoms. The van der Waals surface area contributed by atoms with Crippen LogP contribution in [-0.2, 0) is 6.54 Å². The molecule has 8 heteroatoms. The summed E-state index contributed by atoms with van der Waals surface area (Å²) in [4.78, 5) is 10.4. The Balaban J connectivity index is 2.29. The van der Waals surface area contributed by atoms with Crippen LogP contribution in [0.1, 0.15) is 5.56 Å². The van der Waals surface area contributed by atoms with Gasteiger partial charge in [0.05, 0.1) is 9.40 Å². The Morgan fingerprint density at radius 3 is 2.52 bits per heavy atom. The molecule has 21 heavy (non-hydrogen) atoms. The third-order valence-electron chi connectivity index (χ3n) is 2.71. The molecule has 0 unspecified atom stereocenters. The van der Waals surface area contributed by atoms with Crippen molar-refractivity contribution in [2.24, 2.45) is 0 Å². The molecule has 0 radical (unpaired) electrons. The van der Waals surface area contributed by atoms with Crippen molar-refractivity contribution in [3.05, 3.63) is 66.6 Å². The van der Waals surface area contributed by atoms with Crippen LogP contribution in [0.25, 0.3) is 0 Å². The summed E-state index contributed by atoms with van der Waals surface area (Å²) in [5, 5.41) is 13.7. The van der Waals surface area contributed by atoms with Gasteiger partial charge >= 0.3 is 0 Å². The molecule has 0 amide bonds. The lowest BCUT2D eigenvalue weighted by atomic mass is 10.2. The maximum absolute atomic E-state index is 13.5. The first kappa shape index (κ1) is 15.8. The molecule has 2 aromatic rings. The number of anilines is 1. The summed E-state index contributed by atoms with van der Waals surface area (Å²) < 4.78 is 27.3. The predicted molar refractivity (Wildman–Crippen MR) is 82.2 cm³/mol. The van der Waals surface area contributed by atoms with Crippen molar-refractivity contribution < 1.29 is 13.7 Å². The second-order valence-electron chi connectivity index (χ2n) is 4.13. The summed E-state index contributed by atoms with van der Waals surface area (Å²) in [5.41, 5.74) is 0.320. The first-order valence-corrected chi connectivity index (χ1v) is 7.28. The average Bonchev–Trinajstić information content (AvgIpc) is 2.42. The van der Waals surface area contributed by atoms with Crippen LogP contribution in [0.4, 0.5) is 20.2 Å². The Hall–Kier alpha value is -1.54. The maximum Gasteiger partial charge on any atom is 0.293 e. The van der Waals surface area contributed by atoms with Crippen LogP contribution in [0, 0.1) is 21.7 Å². The van der Waals surface area contributed by atoms with E-state index in [1.54, 1.807) is 0 Å². The van der Waals surface area contributed by atoms with E-state index in [0.29, 0.717) is 10.0 Å². The number of nitro groups is 1. The van der Waals surface area contributed by atoms with Gasteiger partial charge in [-0.2, -0.15) is 0 Å². The SMILES string of the molecule is O=[N+]([O-])c1cc(Br)c(F)cc1NCc1cc(F)ccc1Br. The number of rotatable bonds is 4. The molecule has 1 N–H and O–H groups in total. The van der Waals surface area contributed by atoms with E-state index in [1.165, 1.54) is 18.2 Å². The number of nitrogens with one attached hydrogen (secondary N) is 1. The van der Waals surface area contributed by atoms with Gasteiger partial charge in [-0.3, -0.25) is 10.1 Å². The van der Waals surface area contributed by atoms with Crippen molar-refractivity contribution in [1.29, 1.82) is 0 Å². The van der Waals surface area contributed by atoms with Gasteiger partial charge in [-0.05, 0) is 39.7 Å². The number of halogens is 4. The van der Waals surface area contributed by atoms with Gasteiger partial charge in [0.15, 0.2) is 0 Å². The molecule has 0 heterocycles. The summed E-state index contributed by atoms with van der Waals surface area (Å²) >= 11 is 6.16. The largest absolute Gasteiger partial charge is 0.375 e. The summed E-state index contributed by atoms with van der Waals surface area (Å²) in [7, 11) is 0. The van der Waals surface area contributed by atoms with E-state index in [2.05, 4.69) is 37.2 Å². The zero-order chi connectivity index (χ0) is 15.6. The molecular formula is C13H8Br2F2N2O2. The van der Waals surface area contributed by atoms with E-state index in [9.17, 15) is 18.9 Å². The molecule has 0 fully saturated rings. The fourth-order valence-electron chi connectivity index (χ4n) is 1.70. The summed E-state index contributed by atoms with van der Waals surface area (Å²) in [6.45, 7) is 0.111. The summed E-state index contributed by atoms with van der Waals surface area (Å²) in [6.07, 6.45) is 0. The minimum Gasteiger partial charge on any atom is -0.375 e. The number of benzene rings is 2. The summed E-state index contributed by atoms with van der Waals surface area (Å²) in [5.74, 6) is -1.05. The van der Waals surface area contributed by atoms with Crippen LogP contribution in [-0.4, -0.2) is 4.92 Å². The zero-order valence-corrected chi connectivity index (χ0v) is 13.5. The van der Waals surface area contributed by atoms with Crippen molar-refractivity contribution in [2.75, 3.05) is 5.32 Å². The second kappa shape index (κ2) is 6.48. The van der Waals surface area contributed by atoms with Gasteiger partial charge in [-0.15, -0.1) is 0 Å². The Morgan fingerprint density at radius 1 is 1.14 bits per heavy atom. The highest BCUT2D eigenvalue weighted by molar-refractivity contribution is 9.10. The first-order valence-electron chi connectivity index (χ1n) is 5.69. The van der Waals surface area contributed by atoms with Crippen LogP contribution in [0.5, 0.6) is 0 Å². The van der Waals surface area contributed by atoms with Crippen LogP contribution >= 0.6 is 31.9 Å². The quantitative estimate of drug-likeness (QED) is 0.557. The normalized spacial score (nSPS) is 10.5. The molecule has 2 aromatic carbocycles. The van der Waals surface area contributed by atoms with Gasteiger partial charge in [0.2, 0.25) is 0 Å². The van der Waals surface area contributed by atoms with Crippen molar-refractivity contribution in [2.45, 2.75) is 6.54 Å². The van der Waals surface area contributed by atoms with E-state index in [-0.39, 0.29) is 22.4 Å². The molecule has 2 rings (SSSR count). The van der Waals surface area contributed by atoms with E-state index in [1.807, 2.05) is 0 Å². The highest BCUT2D eigenvalue weighted by atomic mass is 79.9. The van der Waals surface area contributed by atoms with Gasteiger partial charge in [0, 0.05) is 23.2 Å². The van der Waals surface area contributed by atoms with Gasteiger partial charge in [0.25, 0.3) is 5.69 Å². The molecular weight excluding hydrogens is 414 g/mol. The maximum atomic E-state index is 13.5. The standard InChI is InChI=1S/C13H8Br2F2N2O2/c14-9-2-1-8(16)3-7(9)6-18-12-5-11(17)10(15)4-13(12)19(20)21/h1-5,18H,6H2. The highest BCUT2D eigenvalue weighted by Gasteiger charge is 2.17. The minimum absolute atomic E-state index is 0.00619. The lowest BCUT2D eigenvalue weighted by Gasteiger charge is -2.09. The molecule has 0 aliphatic rings. The molecule has 0 atom stereocenters. The smallest absolute Gasteiger partial charge is 0.293 e. The van der Waals surface area contributed by atoms with E-state index in [4.69, 9.17) is 0 Å². The Kier molecular flexibility index (Phi) is 4.89. The van der Waals surface area contributed by atoms with Gasteiger partial charge < -0.3 is 5.32 Å². The van der Waals surface area contributed by atoms with Gasteiger partial charge in [-0.1, -0.05) is 15.9 Å². The second-order valence-corrected chi connectivity index (χ2v) is 5.84. The highest BCUT2D eigenvalue weighted by Crippen LogP contribution is 2.31. The average molecular weight is 422 g/mol. The molecule has 0 saturated heterocycles. The van der Waals surface area contributed by atoms with Crippen LogP contribution in [0.2, 0.25) is 0 Å². The fraction of sp³-hybridized carbons (Fsp3) is 0.0769. The molecule has 0 spiro atoms. The number of nitrogens with zero attached hydrogens (tertiary/aromatic N) is 1. The lowest BCUT2D eigenvalue weighted by molar-refractivity contribution is -0.384. The van der Waals surface area contributed by atoms with Crippen molar-refractivity contribution >= 4 is 43.2 Å². The number of nitro benzene ring substituents is 1. The van der Waals surface area contributed by atoms with E-state index < -0.39 is 16.6 Å². The molecule has 0 aliphatic carbocycles. The Bertz CT molecular complexity index is 711. The van der Waals surface area contributed by atoms with E-state index in [0.717, 1.165) is 12.1 Å². The van der Waals surface area contributed by atoms with Crippen molar-refractivity contribution in [3.8, 4) is 0 Å². The van der Waals surface area contributed by atoms with Crippen molar-refractivity contribution in [3.63, 3.8) is 0 Å². The third kappa shape index (κ3) is 3.76. The Morgan fingerprint density at radius 2 is 1.86 bits per heavy atom. The molecule has 110 valence electrons. The van der Waals surface area contributed by atoms with Gasteiger partial charge in [-0.25, -0.2) is 8.78 Å². The van der Waals surface area contributed by atoms with Crippen LogP contribution in [0.15, 0.2) is 39.3 Å². The molecule has 0 aromatic heterocycles. The monoisotopic (exact) mass is 420 g/mol. The zero-order valence-electron chi connectivity index (χ0n) is 10.4. The third-order valence-corrected chi connectivity index (χ3v) is 4.09. The molecule has 0 saturated carbocycles. The first-order chi connectivity index (χ1) is 9.88. The minimum atomic E-state index is -0.624. The molecule has 0 aliphatic heterocycles. The number of hydrogen-bond acceptors (Lipinski definition) is 3. The van der Waals surface area contributed by atoms with Crippen LogP contribution < -0.4 is 5.32 Å². The van der Waals surface area contributed by atoms with Crippen LogP contribution in [0.3, 0.4) is 0 Å². The Labute approximate surface area is 135 Å². The number of hydrogen-bond donors (Lipinski definition) is 1. The van der Waals surface area contributed by atoms with Gasteiger partial charge in [0.1, 0.15) is 17.3 Å². The summed E-state index contributed by atoms with van der Waals surface area (Å²) in [6, 6.07) is 6.21. The van der Waals surface area contributed by atoms with Crippen molar-refractivity contribution in [1.82, 2.24) is 0 Å². The van der Waals surface area contributed by atoms with E-state index >= 15 is 0 Å². The fourth-order valence-corrected chi connectivity index (χ4v) is 2.42. The topological polar surface area (TPSA) is 55.2 Å².